The fourth-order valence-electron chi connectivity index (χ4n) is 9.34. The number of hydrogen-bond donors (Lipinski definition) is 0. The molecule has 0 radical (unpaired) electrons. The maximum absolute atomic E-state index is 6.57. The van der Waals surface area contributed by atoms with E-state index in [9.17, 15) is 0 Å². The third kappa shape index (κ3) is 5.03. The Morgan fingerprint density at radius 3 is 1.71 bits per heavy atom. The zero-order valence-electron chi connectivity index (χ0n) is 32.3. The van der Waals surface area contributed by atoms with Crippen molar-refractivity contribution in [3.63, 3.8) is 0 Å². The molecule has 278 valence electrons. The van der Waals surface area contributed by atoms with Gasteiger partial charge in [-0.1, -0.05) is 122 Å². The zero-order valence-corrected chi connectivity index (χ0v) is 32.3. The Morgan fingerprint density at radius 2 is 0.983 bits per heavy atom. The highest BCUT2D eigenvalue weighted by Crippen LogP contribution is 2.41. The van der Waals surface area contributed by atoms with Gasteiger partial charge in [-0.25, -0.2) is 0 Å². The van der Waals surface area contributed by atoms with E-state index >= 15 is 0 Å². The van der Waals surface area contributed by atoms with Crippen LogP contribution in [-0.4, -0.2) is 9.13 Å². The monoisotopic (exact) mass is 756 g/mol. The van der Waals surface area contributed by atoms with Crippen LogP contribution in [-0.2, 0) is 0 Å². The highest BCUT2D eigenvalue weighted by Gasteiger charge is 2.20. The average molecular weight is 757 g/mol. The summed E-state index contributed by atoms with van der Waals surface area (Å²) in [6.07, 6.45) is 5.97. The van der Waals surface area contributed by atoms with E-state index in [0.717, 1.165) is 88.5 Å². The molecule has 0 saturated carbocycles. The molecule has 0 bridgehead atoms. The first-order valence-electron chi connectivity index (χ1n) is 20.0. The van der Waals surface area contributed by atoms with E-state index in [1.54, 1.807) is 0 Å². The summed E-state index contributed by atoms with van der Waals surface area (Å²) in [5, 5.41) is 8.13. The number of rotatable bonds is 6. The fraction of sp³-hybridized carbons (Fsp3) is 0.0182. The van der Waals surface area contributed by atoms with Crippen LogP contribution in [0.5, 0.6) is 0 Å². The van der Waals surface area contributed by atoms with Crippen LogP contribution in [0.2, 0.25) is 0 Å². The molecular weight excluding hydrogens is 721 g/mol. The van der Waals surface area contributed by atoms with Gasteiger partial charge in [0.15, 0.2) is 5.58 Å². The summed E-state index contributed by atoms with van der Waals surface area (Å²) < 4.78 is 17.4. The van der Waals surface area contributed by atoms with Crippen molar-refractivity contribution in [1.82, 2.24) is 9.13 Å². The molecule has 0 N–H and O–H groups in total. The van der Waals surface area contributed by atoms with Gasteiger partial charge in [0.05, 0.1) is 16.6 Å². The van der Waals surface area contributed by atoms with E-state index in [2.05, 4.69) is 174 Å². The van der Waals surface area contributed by atoms with Gasteiger partial charge in [-0.05, 0) is 102 Å². The maximum atomic E-state index is 6.57. The van der Waals surface area contributed by atoms with Gasteiger partial charge in [0, 0.05) is 60.3 Å². The quantitative estimate of drug-likeness (QED) is 0.158. The molecule has 0 amide bonds. The summed E-state index contributed by atoms with van der Waals surface area (Å²) in [6.45, 7) is 6.11. The molecule has 12 aromatic rings. The normalized spacial score (nSPS) is 12.2. The average Bonchev–Trinajstić information content (AvgIpc) is 4.03. The van der Waals surface area contributed by atoms with E-state index in [-0.39, 0.29) is 0 Å². The highest BCUT2D eigenvalue weighted by molar-refractivity contribution is 6.16. The number of allylic oxidation sites excluding steroid dienone is 2. The molecule has 12 rings (SSSR count). The number of nitrogens with zero attached hydrogens (tertiary/aromatic N) is 2. The van der Waals surface area contributed by atoms with Crippen LogP contribution in [0.25, 0.3) is 116 Å². The highest BCUT2D eigenvalue weighted by atomic mass is 16.3. The summed E-state index contributed by atoms with van der Waals surface area (Å²) in [7, 11) is 0. The smallest absolute Gasteiger partial charge is 0.160 e. The summed E-state index contributed by atoms with van der Waals surface area (Å²) in [6, 6.07) is 60.8. The molecule has 4 heteroatoms. The number of benzene rings is 8. The van der Waals surface area contributed by atoms with E-state index in [0.29, 0.717) is 0 Å². The molecule has 0 saturated heterocycles. The Morgan fingerprint density at radius 1 is 0.441 bits per heavy atom. The van der Waals surface area contributed by atoms with Crippen molar-refractivity contribution < 1.29 is 8.83 Å². The predicted molar refractivity (Wildman–Crippen MR) is 247 cm³/mol. The molecule has 4 nitrogen and oxygen atoms in total. The summed E-state index contributed by atoms with van der Waals surface area (Å²) >= 11 is 0. The Bertz CT molecular complexity index is 3680. The Labute approximate surface area is 339 Å². The minimum absolute atomic E-state index is 0.894. The first-order valence-corrected chi connectivity index (χ1v) is 20.0. The van der Waals surface area contributed by atoms with Crippen molar-refractivity contribution in [2.24, 2.45) is 0 Å². The number of furan rings is 2. The molecule has 4 heterocycles. The van der Waals surface area contributed by atoms with E-state index < -0.39 is 0 Å². The third-order valence-corrected chi connectivity index (χ3v) is 12.1. The molecule has 0 atom stereocenters. The molecule has 0 aliphatic carbocycles. The lowest BCUT2D eigenvalue weighted by Gasteiger charge is -2.12. The molecule has 8 aromatic carbocycles. The number of aromatic nitrogens is 2. The molecule has 0 aliphatic rings. The fourth-order valence-corrected chi connectivity index (χ4v) is 9.34. The Hall–Kier alpha value is -7.82. The van der Waals surface area contributed by atoms with Gasteiger partial charge in [0.25, 0.3) is 0 Å². The van der Waals surface area contributed by atoms with Gasteiger partial charge in [-0.15, -0.1) is 0 Å². The third-order valence-electron chi connectivity index (χ3n) is 12.1. The molecule has 59 heavy (non-hydrogen) atoms. The van der Waals surface area contributed by atoms with Crippen LogP contribution in [0.15, 0.2) is 197 Å². The number of para-hydroxylation sites is 3. The zero-order chi connectivity index (χ0) is 39.2. The summed E-state index contributed by atoms with van der Waals surface area (Å²) in [4.78, 5) is 0. The van der Waals surface area contributed by atoms with Crippen LogP contribution in [0, 0.1) is 6.92 Å². The first kappa shape index (κ1) is 33.3. The van der Waals surface area contributed by atoms with Crippen LogP contribution in [0.1, 0.15) is 11.3 Å². The first-order chi connectivity index (χ1) is 29.1. The molecule has 0 aliphatic heterocycles. The topological polar surface area (TPSA) is 36.1 Å². The second-order valence-corrected chi connectivity index (χ2v) is 15.4. The summed E-state index contributed by atoms with van der Waals surface area (Å²) in [5.74, 6) is 0. The minimum atomic E-state index is 0.894. The van der Waals surface area contributed by atoms with Crippen molar-refractivity contribution >= 4 is 82.7 Å². The molecule has 0 spiro atoms. The van der Waals surface area contributed by atoms with Crippen LogP contribution in [0.3, 0.4) is 0 Å². The minimum Gasteiger partial charge on any atom is -0.456 e. The summed E-state index contributed by atoms with van der Waals surface area (Å²) in [5.41, 5.74) is 16.2. The van der Waals surface area contributed by atoms with Gasteiger partial charge < -0.3 is 18.0 Å². The number of fused-ring (bicyclic) bond motifs is 11. The van der Waals surface area contributed by atoms with Gasteiger partial charge in [0.2, 0.25) is 0 Å². The Balaban J connectivity index is 0.918. The van der Waals surface area contributed by atoms with Gasteiger partial charge >= 0.3 is 0 Å². The van der Waals surface area contributed by atoms with E-state index in [4.69, 9.17) is 8.83 Å². The van der Waals surface area contributed by atoms with Gasteiger partial charge in [-0.3, -0.25) is 0 Å². The van der Waals surface area contributed by atoms with Crippen LogP contribution >= 0.6 is 0 Å². The van der Waals surface area contributed by atoms with Crippen molar-refractivity contribution in [1.29, 1.82) is 0 Å². The predicted octanol–water partition coefficient (Wildman–Crippen LogP) is 15.4. The van der Waals surface area contributed by atoms with Crippen molar-refractivity contribution in [3.8, 4) is 33.6 Å². The lowest BCUT2D eigenvalue weighted by molar-refractivity contribution is 0.669. The van der Waals surface area contributed by atoms with E-state index in [1.165, 1.54) is 32.9 Å². The van der Waals surface area contributed by atoms with Gasteiger partial charge in [-0.2, -0.15) is 0 Å². The van der Waals surface area contributed by atoms with Crippen molar-refractivity contribution in [2.45, 2.75) is 6.92 Å². The molecule has 0 unspecified atom stereocenters. The standard InChI is InChI=1S/C55H36N2O2/c1-3-4-11-41-34(2)56(54-45(41)28-29-46-43-13-6-10-17-52(43)59-55(46)54)39-24-18-35(19-25-39)36-20-26-40(27-21-36)57-49-15-8-5-12-42(49)47-32-37(22-30-50(47)57)38-23-31-53-48(33-38)44-14-7-9-16-51(44)58-53/h3-33H,1H2,2H3/b11-4-. The van der Waals surface area contributed by atoms with Crippen LogP contribution in [0.4, 0.5) is 0 Å². The largest absolute Gasteiger partial charge is 0.456 e. The molecule has 4 aromatic heterocycles. The molecular formula is C55H36N2O2. The van der Waals surface area contributed by atoms with Crippen LogP contribution < -0.4 is 0 Å². The second kappa shape index (κ2) is 12.9. The van der Waals surface area contributed by atoms with E-state index in [1.807, 2.05) is 36.4 Å². The van der Waals surface area contributed by atoms with Crippen molar-refractivity contribution in [2.75, 3.05) is 0 Å². The second-order valence-electron chi connectivity index (χ2n) is 15.4. The SMILES string of the molecule is C=C/C=C\c1c(C)n(-c2ccc(-c3ccc(-n4c5ccccc5c5cc(-c6ccc7oc8ccccc8c7c6)ccc54)cc3)cc2)c2c1ccc1c3ccccc3oc12. The maximum Gasteiger partial charge on any atom is 0.160 e. The van der Waals surface area contributed by atoms with Gasteiger partial charge in [0.1, 0.15) is 16.7 Å². The number of hydrogen-bond acceptors (Lipinski definition) is 2. The lowest BCUT2D eigenvalue weighted by atomic mass is 10.0. The Kier molecular flexibility index (Phi) is 7.26. The van der Waals surface area contributed by atoms with Crippen molar-refractivity contribution in [3.05, 3.63) is 200 Å². The molecule has 0 fully saturated rings. The lowest BCUT2D eigenvalue weighted by Crippen LogP contribution is -1.97.